The van der Waals surface area contributed by atoms with E-state index in [1.54, 1.807) is 12.1 Å². The third-order valence-electron chi connectivity index (χ3n) is 1.60. The summed E-state index contributed by atoms with van der Waals surface area (Å²) in [5.41, 5.74) is 0.722. The summed E-state index contributed by atoms with van der Waals surface area (Å²) in [6.07, 6.45) is 0. The van der Waals surface area contributed by atoms with Crippen LogP contribution in [0.15, 0.2) is 21.1 Å². The summed E-state index contributed by atoms with van der Waals surface area (Å²) in [7, 11) is 1.29. The molecule has 0 aromatic heterocycles. The van der Waals surface area contributed by atoms with E-state index in [9.17, 15) is 4.79 Å². The fraction of sp³-hybridized carbons (Fsp3) is 0.111. The molecule has 72 valence electrons. The van der Waals surface area contributed by atoms with Crippen molar-refractivity contribution in [1.82, 2.24) is 0 Å². The van der Waals surface area contributed by atoms with Gasteiger partial charge in [0.05, 0.1) is 22.7 Å². The van der Waals surface area contributed by atoms with E-state index in [2.05, 4.69) is 36.6 Å². The Morgan fingerprint density at radius 3 is 2.64 bits per heavy atom. The van der Waals surface area contributed by atoms with Gasteiger partial charge in [-0.05, 0) is 44.0 Å². The molecule has 0 radical (unpaired) electrons. The molecule has 0 aliphatic rings. The number of nitriles is 1. The third-order valence-corrected chi connectivity index (χ3v) is 3.09. The highest BCUT2D eigenvalue weighted by atomic mass is 79.9. The highest BCUT2D eigenvalue weighted by molar-refractivity contribution is 9.11. The maximum absolute atomic E-state index is 11.3. The second-order valence-corrected chi connectivity index (χ2v) is 4.03. The molecule has 0 fully saturated rings. The smallest absolute Gasteiger partial charge is 0.340 e. The van der Waals surface area contributed by atoms with Crippen LogP contribution in [-0.4, -0.2) is 13.1 Å². The summed E-state index contributed by atoms with van der Waals surface area (Å²) in [4.78, 5) is 11.3. The van der Waals surface area contributed by atoms with Crippen LogP contribution in [-0.2, 0) is 4.74 Å². The van der Waals surface area contributed by atoms with Crippen LogP contribution in [0.5, 0.6) is 0 Å². The molecule has 0 unspecified atom stereocenters. The predicted octanol–water partition coefficient (Wildman–Crippen LogP) is 2.87. The molecule has 0 N–H and O–H groups in total. The van der Waals surface area contributed by atoms with Crippen LogP contribution in [0, 0.1) is 11.3 Å². The lowest BCUT2D eigenvalue weighted by Gasteiger charge is -2.05. The summed E-state index contributed by atoms with van der Waals surface area (Å²) in [6, 6.07) is 5.21. The first-order valence-corrected chi connectivity index (χ1v) is 5.16. The summed E-state index contributed by atoms with van der Waals surface area (Å²) < 4.78 is 5.63. The minimum atomic E-state index is -0.485. The minimum Gasteiger partial charge on any atom is -0.465 e. The molecular formula is C9H5Br2NO2. The van der Waals surface area contributed by atoms with E-state index >= 15 is 0 Å². The molecule has 0 atom stereocenters. The van der Waals surface area contributed by atoms with Crippen molar-refractivity contribution in [3.8, 4) is 6.07 Å². The molecule has 0 saturated heterocycles. The van der Waals surface area contributed by atoms with Crippen LogP contribution in [0.3, 0.4) is 0 Å². The molecule has 0 aliphatic heterocycles. The van der Waals surface area contributed by atoms with Gasteiger partial charge in [-0.25, -0.2) is 4.79 Å². The fourth-order valence-electron chi connectivity index (χ4n) is 0.928. The SMILES string of the molecule is COC(=O)c1c(Br)ccc(C#N)c1Br. The number of hydrogen-bond donors (Lipinski definition) is 0. The van der Waals surface area contributed by atoms with Gasteiger partial charge in [-0.2, -0.15) is 5.26 Å². The van der Waals surface area contributed by atoms with Gasteiger partial charge in [0, 0.05) is 4.47 Å². The number of rotatable bonds is 1. The predicted molar refractivity (Wildman–Crippen MR) is 57.9 cm³/mol. The molecule has 0 amide bonds. The number of carbonyl (C=O) groups excluding carboxylic acids is 1. The third kappa shape index (κ3) is 1.97. The molecule has 0 bridgehead atoms. The van der Waals surface area contributed by atoms with E-state index in [0.29, 0.717) is 20.1 Å². The monoisotopic (exact) mass is 317 g/mol. The van der Waals surface area contributed by atoms with E-state index in [-0.39, 0.29) is 0 Å². The molecule has 3 nitrogen and oxygen atoms in total. The van der Waals surface area contributed by atoms with Crippen molar-refractivity contribution >= 4 is 37.8 Å². The average molecular weight is 319 g/mol. The molecule has 1 rings (SSSR count). The number of benzene rings is 1. The molecule has 14 heavy (non-hydrogen) atoms. The molecule has 0 spiro atoms. The van der Waals surface area contributed by atoms with Crippen molar-refractivity contribution in [2.45, 2.75) is 0 Å². The Hall–Kier alpha value is -0.860. The van der Waals surface area contributed by atoms with Crippen molar-refractivity contribution in [1.29, 1.82) is 5.26 Å². The number of nitrogens with zero attached hydrogens (tertiary/aromatic N) is 1. The number of ether oxygens (including phenoxy) is 1. The molecule has 1 aromatic carbocycles. The standard InChI is InChI=1S/C9H5Br2NO2/c1-14-9(13)7-6(10)3-2-5(4-12)8(7)11/h2-3H,1H3. The van der Waals surface area contributed by atoms with Gasteiger partial charge >= 0.3 is 5.97 Å². The normalized spacial score (nSPS) is 9.29. The Morgan fingerprint density at radius 2 is 2.14 bits per heavy atom. The lowest BCUT2D eigenvalue weighted by molar-refractivity contribution is 0.0598. The van der Waals surface area contributed by atoms with Gasteiger partial charge < -0.3 is 4.74 Å². The minimum absolute atomic E-state index is 0.326. The summed E-state index contributed by atoms with van der Waals surface area (Å²) in [5.74, 6) is -0.485. The van der Waals surface area contributed by atoms with Gasteiger partial charge in [0.1, 0.15) is 6.07 Å². The van der Waals surface area contributed by atoms with E-state index in [1.165, 1.54) is 7.11 Å². The van der Waals surface area contributed by atoms with Crippen molar-refractivity contribution < 1.29 is 9.53 Å². The zero-order valence-electron chi connectivity index (χ0n) is 7.17. The quantitative estimate of drug-likeness (QED) is 0.748. The van der Waals surface area contributed by atoms with Crippen molar-refractivity contribution in [3.63, 3.8) is 0 Å². The number of hydrogen-bond acceptors (Lipinski definition) is 3. The Balaban J connectivity index is 3.42. The van der Waals surface area contributed by atoms with Gasteiger partial charge in [-0.15, -0.1) is 0 Å². The second kappa shape index (κ2) is 4.58. The Labute approximate surface area is 97.9 Å². The molecule has 0 saturated carbocycles. The van der Waals surface area contributed by atoms with E-state index in [1.807, 2.05) is 6.07 Å². The number of methoxy groups -OCH3 is 1. The molecule has 0 aliphatic carbocycles. The first-order chi connectivity index (χ1) is 6.61. The average Bonchev–Trinajstić information content (AvgIpc) is 2.18. The first-order valence-electron chi connectivity index (χ1n) is 3.58. The van der Waals surface area contributed by atoms with Gasteiger partial charge in [-0.3, -0.25) is 0 Å². The highest BCUT2D eigenvalue weighted by Gasteiger charge is 2.17. The lowest BCUT2D eigenvalue weighted by Crippen LogP contribution is -2.04. The maximum atomic E-state index is 11.3. The summed E-state index contributed by atoms with van der Waals surface area (Å²) >= 11 is 6.39. The van der Waals surface area contributed by atoms with Crippen molar-refractivity contribution in [3.05, 3.63) is 32.2 Å². The highest BCUT2D eigenvalue weighted by Crippen LogP contribution is 2.28. The summed E-state index contributed by atoms with van der Waals surface area (Å²) in [5, 5.41) is 8.74. The van der Waals surface area contributed by atoms with Crippen LogP contribution in [0.4, 0.5) is 0 Å². The van der Waals surface area contributed by atoms with Gasteiger partial charge in [0.25, 0.3) is 0 Å². The molecule has 5 heteroatoms. The molecular weight excluding hydrogens is 314 g/mol. The van der Waals surface area contributed by atoms with Crippen LogP contribution < -0.4 is 0 Å². The second-order valence-electron chi connectivity index (χ2n) is 2.39. The van der Waals surface area contributed by atoms with Crippen LogP contribution in [0.25, 0.3) is 0 Å². The van der Waals surface area contributed by atoms with Gasteiger partial charge in [-0.1, -0.05) is 0 Å². The number of esters is 1. The number of halogens is 2. The maximum Gasteiger partial charge on any atom is 0.340 e. The Morgan fingerprint density at radius 1 is 1.50 bits per heavy atom. The van der Waals surface area contributed by atoms with Gasteiger partial charge in [0.2, 0.25) is 0 Å². The Kier molecular flexibility index (Phi) is 3.67. The first kappa shape index (κ1) is 11.2. The van der Waals surface area contributed by atoms with Gasteiger partial charge in [0.15, 0.2) is 0 Å². The fourth-order valence-corrected chi connectivity index (χ4v) is 2.28. The van der Waals surface area contributed by atoms with Crippen LogP contribution in [0.2, 0.25) is 0 Å². The van der Waals surface area contributed by atoms with Crippen LogP contribution >= 0.6 is 31.9 Å². The van der Waals surface area contributed by atoms with E-state index in [0.717, 1.165) is 0 Å². The number of carbonyl (C=O) groups is 1. The zero-order chi connectivity index (χ0) is 10.7. The largest absolute Gasteiger partial charge is 0.465 e. The van der Waals surface area contributed by atoms with Crippen LogP contribution in [0.1, 0.15) is 15.9 Å². The zero-order valence-corrected chi connectivity index (χ0v) is 10.3. The molecule has 1 aromatic rings. The van der Waals surface area contributed by atoms with E-state index < -0.39 is 5.97 Å². The van der Waals surface area contributed by atoms with Crippen molar-refractivity contribution in [2.24, 2.45) is 0 Å². The topological polar surface area (TPSA) is 50.1 Å². The Bertz CT molecular complexity index is 424. The summed E-state index contributed by atoms with van der Waals surface area (Å²) in [6.45, 7) is 0. The molecule has 0 heterocycles. The van der Waals surface area contributed by atoms with E-state index in [4.69, 9.17) is 5.26 Å². The lowest BCUT2D eigenvalue weighted by atomic mass is 10.1. The van der Waals surface area contributed by atoms with Crippen molar-refractivity contribution in [2.75, 3.05) is 7.11 Å².